The second kappa shape index (κ2) is 4.80. The molecule has 0 spiro atoms. The highest BCUT2D eigenvalue weighted by Gasteiger charge is 2.30. The van der Waals surface area contributed by atoms with Gasteiger partial charge in [0.05, 0.1) is 0 Å². The Kier molecular flexibility index (Phi) is 3.42. The van der Waals surface area contributed by atoms with Gasteiger partial charge in [-0.05, 0) is 36.8 Å². The highest BCUT2D eigenvalue weighted by atomic mass is 14.6. The van der Waals surface area contributed by atoms with E-state index >= 15 is 0 Å². The fourth-order valence-corrected chi connectivity index (χ4v) is 2.78. The summed E-state index contributed by atoms with van der Waals surface area (Å²) in [7, 11) is 0. The third-order valence-electron chi connectivity index (χ3n) is 3.77. The van der Waals surface area contributed by atoms with Gasteiger partial charge in [0.25, 0.3) is 0 Å². The van der Waals surface area contributed by atoms with Crippen molar-refractivity contribution in [2.45, 2.75) is 38.5 Å². The lowest BCUT2D eigenvalue weighted by atomic mass is 9.70. The molecule has 15 heavy (non-hydrogen) atoms. The summed E-state index contributed by atoms with van der Waals surface area (Å²) in [4.78, 5) is 0. The maximum atomic E-state index is 5.99. The molecule has 1 aliphatic rings. The fraction of sp³-hybridized carbons (Fsp3) is 0.571. The van der Waals surface area contributed by atoms with E-state index in [1.807, 2.05) is 0 Å². The van der Waals surface area contributed by atoms with Crippen LogP contribution in [-0.4, -0.2) is 6.54 Å². The molecule has 0 aliphatic heterocycles. The first kappa shape index (κ1) is 10.7. The first-order valence-electron chi connectivity index (χ1n) is 6.09. The Balaban J connectivity index is 2.07. The summed E-state index contributed by atoms with van der Waals surface area (Å²) in [5.41, 5.74) is 7.84. The van der Waals surface area contributed by atoms with Crippen LogP contribution in [0.3, 0.4) is 0 Å². The van der Waals surface area contributed by atoms with Gasteiger partial charge >= 0.3 is 0 Å². The summed E-state index contributed by atoms with van der Waals surface area (Å²) in [5, 5.41) is 0. The minimum atomic E-state index is 0.402. The van der Waals surface area contributed by atoms with Crippen LogP contribution in [0.4, 0.5) is 0 Å². The lowest BCUT2D eigenvalue weighted by Crippen LogP contribution is -2.34. The van der Waals surface area contributed by atoms with Gasteiger partial charge in [0.2, 0.25) is 0 Å². The molecule has 1 heteroatoms. The molecule has 0 bridgehead atoms. The van der Waals surface area contributed by atoms with Crippen molar-refractivity contribution in [2.24, 2.45) is 11.1 Å². The number of nitrogens with two attached hydrogens (primary N) is 1. The van der Waals surface area contributed by atoms with E-state index < -0.39 is 0 Å². The van der Waals surface area contributed by atoms with E-state index in [1.165, 1.54) is 44.1 Å². The molecule has 0 atom stereocenters. The van der Waals surface area contributed by atoms with Crippen molar-refractivity contribution >= 4 is 0 Å². The molecule has 1 aromatic rings. The maximum absolute atomic E-state index is 5.99. The molecule has 1 saturated carbocycles. The van der Waals surface area contributed by atoms with Gasteiger partial charge in [-0.15, -0.1) is 0 Å². The van der Waals surface area contributed by atoms with Crippen LogP contribution in [0.15, 0.2) is 30.3 Å². The van der Waals surface area contributed by atoms with Gasteiger partial charge in [-0.2, -0.15) is 0 Å². The summed E-state index contributed by atoms with van der Waals surface area (Å²) in [6, 6.07) is 10.8. The molecule has 0 saturated heterocycles. The molecule has 2 rings (SSSR count). The van der Waals surface area contributed by atoms with Gasteiger partial charge in [0, 0.05) is 0 Å². The molecular formula is C14H21N. The van der Waals surface area contributed by atoms with Crippen molar-refractivity contribution in [1.29, 1.82) is 0 Å². The minimum absolute atomic E-state index is 0.402. The minimum Gasteiger partial charge on any atom is -0.330 e. The second-order valence-corrected chi connectivity index (χ2v) is 4.93. The quantitative estimate of drug-likeness (QED) is 0.802. The van der Waals surface area contributed by atoms with Crippen LogP contribution in [0.2, 0.25) is 0 Å². The number of rotatable bonds is 3. The Morgan fingerprint density at radius 3 is 2.27 bits per heavy atom. The van der Waals surface area contributed by atoms with Crippen LogP contribution in [-0.2, 0) is 6.42 Å². The van der Waals surface area contributed by atoms with E-state index in [2.05, 4.69) is 30.3 Å². The van der Waals surface area contributed by atoms with Gasteiger partial charge in [0.15, 0.2) is 0 Å². The van der Waals surface area contributed by atoms with Crippen molar-refractivity contribution in [3.8, 4) is 0 Å². The molecule has 1 aromatic carbocycles. The van der Waals surface area contributed by atoms with Crippen molar-refractivity contribution in [2.75, 3.05) is 6.54 Å². The van der Waals surface area contributed by atoms with Crippen molar-refractivity contribution in [3.05, 3.63) is 35.9 Å². The summed E-state index contributed by atoms with van der Waals surface area (Å²) >= 11 is 0. The van der Waals surface area contributed by atoms with Crippen LogP contribution in [0, 0.1) is 5.41 Å². The first-order chi connectivity index (χ1) is 7.35. The third kappa shape index (κ3) is 2.60. The Bertz CT molecular complexity index is 285. The summed E-state index contributed by atoms with van der Waals surface area (Å²) in [5.74, 6) is 0. The van der Waals surface area contributed by atoms with Gasteiger partial charge in [-0.3, -0.25) is 0 Å². The Labute approximate surface area is 92.7 Å². The lowest BCUT2D eigenvalue weighted by Gasteiger charge is -2.36. The zero-order valence-corrected chi connectivity index (χ0v) is 9.41. The molecule has 1 aliphatic carbocycles. The van der Waals surface area contributed by atoms with Gasteiger partial charge in [-0.1, -0.05) is 49.6 Å². The molecule has 1 nitrogen and oxygen atoms in total. The highest BCUT2D eigenvalue weighted by molar-refractivity contribution is 5.17. The lowest BCUT2D eigenvalue weighted by molar-refractivity contribution is 0.197. The standard InChI is InChI=1S/C14H21N/c15-12-14(9-5-2-6-10-14)11-13-7-3-1-4-8-13/h1,3-4,7-8H,2,5-6,9-12,15H2. The summed E-state index contributed by atoms with van der Waals surface area (Å²) < 4.78 is 0. The van der Waals surface area contributed by atoms with E-state index in [4.69, 9.17) is 5.73 Å². The summed E-state index contributed by atoms with van der Waals surface area (Å²) in [6.07, 6.45) is 7.94. The predicted molar refractivity (Wildman–Crippen MR) is 64.7 cm³/mol. The molecule has 1 fully saturated rings. The SMILES string of the molecule is NCC1(Cc2ccccc2)CCCCC1. The van der Waals surface area contributed by atoms with Crippen LogP contribution in [0.25, 0.3) is 0 Å². The van der Waals surface area contributed by atoms with Gasteiger partial charge in [-0.25, -0.2) is 0 Å². The van der Waals surface area contributed by atoms with Crippen LogP contribution in [0.1, 0.15) is 37.7 Å². The third-order valence-corrected chi connectivity index (χ3v) is 3.77. The normalized spacial score (nSPS) is 20.1. The molecule has 0 amide bonds. The molecule has 0 unspecified atom stereocenters. The van der Waals surface area contributed by atoms with Crippen LogP contribution in [0.5, 0.6) is 0 Å². The van der Waals surface area contributed by atoms with E-state index in [-0.39, 0.29) is 0 Å². The maximum Gasteiger partial charge on any atom is -0.00173 e. The topological polar surface area (TPSA) is 26.0 Å². The number of hydrogen-bond donors (Lipinski definition) is 1. The Hall–Kier alpha value is -0.820. The van der Waals surface area contributed by atoms with Crippen LogP contribution >= 0.6 is 0 Å². The van der Waals surface area contributed by atoms with E-state index in [0.29, 0.717) is 5.41 Å². The highest BCUT2D eigenvalue weighted by Crippen LogP contribution is 2.38. The predicted octanol–water partition coefficient (Wildman–Crippen LogP) is 3.14. The average molecular weight is 203 g/mol. The van der Waals surface area contributed by atoms with E-state index in [1.54, 1.807) is 0 Å². The molecule has 0 radical (unpaired) electrons. The fourth-order valence-electron chi connectivity index (χ4n) is 2.78. The van der Waals surface area contributed by atoms with Gasteiger partial charge < -0.3 is 5.73 Å². The molecule has 2 N–H and O–H groups in total. The molecule has 0 heterocycles. The monoisotopic (exact) mass is 203 g/mol. The van der Waals surface area contributed by atoms with Crippen molar-refractivity contribution < 1.29 is 0 Å². The molecule has 0 aromatic heterocycles. The Morgan fingerprint density at radius 1 is 1.00 bits per heavy atom. The van der Waals surface area contributed by atoms with Crippen molar-refractivity contribution in [3.63, 3.8) is 0 Å². The smallest absolute Gasteiger partial charge is 0.00173 e. The zero-order chi connectivity index (χ0) is 10.6. The number of benzene rings is 1. The van der Waals surface area contributed by atoms with Crippen molar-refractivity contribution in [1.82, 2.24) is 0 Å². The largest absolute Gasteiger partial charge is 0.330 e. The summed E-state index contributed by atoms with van der Waals surface area (Å²) in [6.45, 7) is 0.849. The second-order valence-electron chi connectivity index (χ2n) is 4.93. The van der Waals surface area contributed by atoms with Gasteiger partial charge in [0.1, 0.15) is 0 Å². The average Bonchev–Trinajstić information content (AvgIpc) is 2.32. The van der Waals surface area contributed by atoms with E-state index in [0.717, 1.165) is 6.54 Å². The molecular weight excluding hydrogens is 182 g/mol. The first-order valence-corrected chi connectivity index (χ1v) is 6.09. The van der Waals surface area contributed by atoms with Crippen LogP contribution < -0.4 is 5.73 Å². The van der Waals surface area contributed by atoms with E-state index in [9.17, 15) is 0 Å². The number of hydrogen-bond acceptors (Lipinski definition) is 1. The Morgan fingerprint density at radius 2 is 1.67 bits per heavy atom. The molecule has 82 valence electrons. The zero-order valence-electron chi connectivity index (χ0n) is 9.41.